The molecule has 0 bridgehead atoms. The number of rotatable bonds is 10. The zero-order valence-corrected chi connectivity index (χ0v) is 22.9. The monoisotopic (exact) mass is 529 g/mol. The van der Waals surface area contributed by atoms with Gasteiger partial charge in [0, 0.05) is 25.9 Å². The molecule has 1 aliphatic heterocycles. The maximum atomic E-state index is 13.6. The Morgan fingerprint density at radius 3 is 2.51 bits per heavy atom. The number of unbranched alkanes of at least 4 members (excludes halogenated alkanes) is 1. The molecule has 9 nitrogen and oxygen atoms in total. The quantitative estimate of drug-likeness (QED) is 0.349. The minimum Gasteiger partial charge on any atom is -0.391 e. The highest BCUT2D eigenvalue weighted by Crippen LogP contribution is 2.28. The van der Waals surface area contributed by atoms with Gasteiger partial charge in [-0.3, -0.25) is 14.4 Å². The maximum absolute atomic E-state index is 13.6. The molecule has 1 aromatic carbocycles. The molecule has 0 radical (unpaired) electrons. The summed E-state index contributed by atoms with van der Waals surface area (Å²) < 4.78 is 0. The summed E-state index contributed by atoms with van der Waals surface area (Å²) in [5, 5.41) is 16.1. The third-order valence-corrected chi connectivity index (χ3v) is 7.55. The standard InChI is InChI=1S/C27H39N5O4S/c1-17-23(37-16-30-17)19-10-8-18(9-11-19)14-29-25(35)21-13-20(33)15-32(21)26(36)24(27(2,3)4)31-22(34)7-5-6-12-28/h8-11,16,20-21,24,33H,5-7,12-15,28H2,1-4H3,(H,29,35)(H,31,34)/t20-,21-,24-/m1/s1. The van der Waals surface area contributed by atoms with Gasteiger partial charge in [0.25, 0.3) is 0 Å². The first-order valence-corrected chi connectivity index (χ1v) is 13.6. The second-order valence-electron chi connectivity index (χ2n) is 10.7. The highest BCUT2D eigenvalue weighted by molar-refractivity contribution is 7.13. The van der Waals surface area contributed by atoms with Gasteiger partial charge in [-0.25, -0.2) is 4.98 Å². The molecule has 1 aromatic heterocycles. The average molecular weight is 530 g/mol. The van der Waals surface area contributed by atoms with E-state index in [1.54, 1.807) is 11.3 Å². The van der Waals surface area contributed by atoms with E-state index in [9.17, 15) is 19.5 Å². The predicted molar refractivity (Wildman–Crippen MR) is 145 cm³/mol. The van der Waals surface area contributed by atoms with Crippen LogP contribution in [0, 0.1) is 12.3 Å². The highest BCUT2D eigenvalue weighted by atomic mass is 32.1. The Morgan fingerprint density at radius 1 is 1.22 bits per heavy atom. The average Bonchev–Trinajstić information content (AvgIpc) is 3.46. The molecule has 37 heavy (non-hydrogen) atoms. The summed E-state index contributed by atoms with van der Waals surface area (Å²) in [6, 6.07) is 6.29. The molecule has 0 saturated carbocycles. The van der Waals surface area contributed by atoms with Crippen LogP contribution in [-0.4, -0.2) is 64.0 Å². The third-order valence-electron chi connectivity index (χ3n) is 6.57. The number of carbonyl (C=O) groups is 3. The smallest absolute Gasteiger partial charge is 0.246 e. The van der Waals surface area contributed by atoms with Crippen LogP contribution in [0.2, 0.25) is 0 Å². The fourth-order valence-electron chi connectivity index (χ4n) is 4.44. The van der Waals surface area contributed by atoms with Crippen LogP contribution in [0.3, 0.4) is 0 Å². The lowest BCUT2D eigenvalue weighted by Gasteiger charge is -2.35. The number of hydrogen-bond donors (Lipinski definition) is 4. The number of benzene rings is 1. The van der Waals surface area contributed by atoms with Crippen molar-refractivity contribution in [1.82, 2.24) is 20.5 Å². The van der Waals surface area contributed by atoms with Gasteiger partial charge < -0.3 is 26.4 Å². The molecule has 2 aromatic rings. The molecule has 0 aliphatic carbocycles. The molecule has 1 saturated heterocycles. The summed E-state index contributed by atoms with van der Waals surface area (Å²) in [4.78, 5) is 46.0. The van der Waals surface area contributed by atoms with Gasteiger partial charge in [-0.1, -0.05) is 45.0 Å². The molecule has 1 aliphatic rings. The Morgan fingerprint density at radius 2 is 1.92 bits per heavy atom. The number of nitrogens with one attached hydrogen (secondary N) is 2. The highest BCUT2D eigenvalue weighted by Gasteiger charge is 2.44. The van der Waals surface area contributed by atoms with Crippen molar-refractivity contribution in [2.24, 2.45) is 11.1 Å². The summed E-state index contributed by atoms with van der Waals surface area (Å²) in [5.74, 6) is -0.908. The largest absolute Gasteiger partial charge is 0.391 e. The summed E-state index contributed by atoms with van der Waals surface area (Å²) in [5.41, 5.74) is 9.73. The first kappa shape index (κ1) is 28.7. The molecule has 2 heterocycles. The van der Waals surface area contributed by atoms with Crippen molar-refractivity contribution in [2.75, 3.05) is 13.1 Å². The zero-order valence-electron chi connectivity index (χ0n) is 22.1. The number of likely N-dealkylation sites (tertiary alicyclic amines) is 1. The van der Waals surface area contributed by atoms with Crippen molar-refractivity contribution in [3.05, 3.63) is 41.0 Å². The number of aromatic nitrogens is 1. The van der Waals surface area contributed by atoms with E-state index in [-0.39, 0.29) is 37.1 Å². The van der Waals surface area contributed by atoms with Crippen molar-refractivity contribution in [1.29, 1.82) is 0 Å². The number of nitrogens with two attached hydrogens (primary N) is 1. The molecule has 3 atom stereocenters. The second kappa shape index (κ2) is 12.6. The minimum absolute atomic E-state index is 0.0510. The predicted octanol–water partition coefficient (Wildman–Crippen LogP) is 2.36. The number of amides is 3. The van der Waals surface area contributed by atoms with Crippen molar-refractivity contribution >= 4 is 29.1 Å². The molecule has 0 spiro atoms. The summed E-state index contributed by atoms with van der Waals surface area (Å²) >= 11 is 1.59. The maximum Gasteiger partial charge on any atom is 0.246 e. The molecule has 1 fully saturated rings. The van der Waals surface area contributed by atoms with Gasteiger partial charge >= 0.3 is 0 Å². The second-order valence-corrected chi connectivity index (χ2v) is 11.5. The van der Waals surface area contributed by atoms with Crippen LogP contribution in [-0.2, 0) is 20.9 Å². The van der Waals surface area contributed by atoms with Crippen LogP contribution >= 0.6 is 11.3 Å². The van der Waals surface area contributed by atoms with Crippen molar-refractivity contribution in [3.63, 3.8) is 0 Å². The number of nitrogens with zero attached hydrogens (tertiary/aromatic N) is 2. The van der Waals surface area contributed by atoms with E-state index in [2.05, 4.69) is 15.6 Å². The van der Waals surface area contributed by atoms with Gasteiger partial charge in [0.05, 0.1) is 22.2 Å². The Hall–Kier alpha value is -2.82. The molecule has 0 unspecified atom stereocenters. The Kier molecular flexibility index (Phi) is 9.80. The molecule has 3 rings (SSSR count). The van der Waals surface area contributed by atoms with Crippen LogP contribution in [0.5, 0.6) is 0 Å². The normalized spacial score (nSPS) is 18.5. The number of aliphatic hydroxyl groups is 1. The molecule has 10 heteroatoms. The van der Waals surface area contributed by atoms with Crippen molar-refractivity contribution in [2.45, 2.75) is 78.1 Å². The Balaban J connectivity index is 1.65. The van der Waals surface area contributed by atoms with Crippen molar-refractivity contribution in [3.8, 4) is 10.4 Å². The topological polar surface area (TPSA) is 138 Å². The molecule has 202 valence electrons. The fourth-order valence-corrected chi connectivity index (χ4v) is 5.26. The van der Waals surface area contributed by atoms with E-state index in [0.29, 0.717) is 19.5 Å². The van der Waals surface area contributed by atoms with Gasteiger partial charge in [0.15, 0.2) is 0 Å². The SMILES string of the molecule is Cc1ncsc1-c1ccc(CNC(=O)[C@H]2C[C@@H](O)CN2C(=O)[C@@H](NC(=O)CCCCN)C(C)(C)C)cc1. The van der Waals surface area contributed by atoms with E-state index in [1.807, 2.05) is 57.5 Å². The first-order chi connectivity index (χ1) is 17.5. The Bertz CT molecular complexity index is 1080. The lowest BCUT2D eigenvalue weighted by atomic mass is 9.85. The minimum atomic E-state index is -0.818. The van der Waals surface area contributed by atoms with Gasteiger partial charge in [0.1, 0.15) is 12.1 Å². The van der Waals surface area contributed by atoms with Crippen LogP contribution in [0.25, 0.3) is 10.4 Å². The summed E-state index contributed by atoms with van der Waals surface area (Å²) in [6.07, 6.45) is 1.01. The number of hydrogen-bond acceptors (Lipinski definition) is 7. The number of β-amino-alcohol motifs (C(OH)–C–C–N with tert-alkyl or cyclic N) is 1. The number of carbonyl (C=O) groups excluding carboxylic acids is 3. The van der Waals surface area contributed by atoms with E-state index >= 15 is 0 Å². The van der Waals surface area contributed by atoms with Crippen LogP contribution in [0.1, 0.15) is 57.7 Å². The van der Waals surface area contributed by atoms with Gasteiger partial charge in [-0.2, -0.15) is 0 Å². The number of thiazole rings is 1. The zero-order chi connectivity index (χ0) is 27.2. The van der Waals surface area contributed by atoms with Crippen LogP contribution in [0.4, 0.5) is 0 Å². The summed E-state index contributed by atoms with van der Waals surface area (Å²) in [7, 11) is 0. The molecule has 5 N–H and O–H groups in total. The first-order valence-electron chi connectivity index (χ1n) is 12.8. The van der Waals surface area contributed by atoms with E-state index in [4.69, 9.17) is 5.73 Å². The van der Waals surface area contributed by atoms with E-state index in [0.717, 1.165) is 28.1 Å². The van der Waals surface area contributed by atoms with Crippen LogP contribution < -0.4 is 16.4 Å². The molecular formula is C27H39N5O4S. The Labute approximate surface area is 222 Å². The number of aryl methyl sites for hydroxylation is 1. The van der Waals surface area contributed by atoms with Gasteiger partial charge in [0.2, 0.25) is 17.7 Å². The number of aliphatic hydroxyl groups excluding tert-OH is 1. The van der Waals surface area contributed by atoms with Gasteiger partial charge in [-0.15, -0.1) is 11.3 Å². The fraction of sp³-hybridized carbons (Fsp3) is 0.556. The van der Waals surface area contributed by atoms with Crippen LogP contribution in [0.15, 0.2) is 29.8 Å². The molecule has 3 amide bonds. The van der Waals surface area contributed by atoms with Gasteiger partial charge in [-0.05, 0) is 42.9 Å². The lowest BCUT2D eigenvalue weighted by molar-refractivity contribution is -0.144. The van der Waals surface area contributed by atoms with E-state index < -0.39 is 23.6 Å². The van der Waals surface area contributed by atoms with E-state index in [1.165, 1.54) is 4.90 Å². The lowest BCUT2D eigenvalue weighted by Crippen LogP contribution is -2.57. The summed E-state index contributed by atoms with van der Waals surface area (Å²) in [6.45, 7) is 8.44. The van der Waals surface area contributed by atoms with Crippen molar-refractivity contribution < 1.29 is 19.5 Å². The molecular weight excluding hydrogens is 490 g/mol. The third kappa shape index (κ3) is 7.59.